The van der Waals surface area contributed by atoms with E-state index < -0.39 is 12.0 Å². The van der Waals surface area contributed by atoms with Crippen molar-refractivity contribution in [2.45, 2.75) is 17.8 Å². The number of methoxy groups -OCH3 is 1. The lowest BCUT2D eigenvalue weighted by molar-refractivity contribution is -0.139. The Balaban J connectivity index is 2.25. The van der Waals surface area contributed by atoms with Crippen LogP contribution in [0, 0.1) is 0 Å². The van der Waals surface area contributed by atoms with Gasteiger partial charge >= 0.3 is 5.97 Å². The Morgan fingerprint density at radius 1 is 1.61 bits per heavy atom. The van der Waals surface area contributed by atoms with Crippen LogP contribution in [0.15, 0.2) is 22.7 Å². The Morgan fingerprint density at radius 3 is 3.06 bits per heavy atom. The summed E-state index contributed by atoms with van der Waals surface area (Å²) in [5, 5.41) is 12.2. The van der Waals surface area contributed by atoms with Crippen molar-refractivity contribution >= 4 is 33.7 Å². The van der Waals surface area contributed by atoms with Gasteiger partial charge in [0.1, 0.15) is 11.8 Å². The summed E-state index contributed by atoms with van der Waals surface area (Å²) in [7, 11) is 1.62. The van der Waals surface area contributed by atoms with E-state index in [0.717, 1.165) is 21.5 Å². The van der Waals surface area contributed by atoms with E-state index in [1.54, 1.807) is 18.9 Å². The quantitative estimate of drug-likeness (QED) is 0.891. The highest BCUT2D eigenvalue weighted by atomic mass is 79.9. The highest BCUT2D eigenvalue weighted by molar-refractivity contribution is 9.10. The number of nitrogens with one attached hydrogen (secondary N) is 1. The van der Waals surface area contributed by atoms with Crippen molar-refractivity contribution < 1.29 is 14.6 Å². The van der Waals surface area contributed by atoms with Gasteiger partial charge in [0.25, 0.3) is 0 Å². The first-order valence-corrected chi connectivity index (χ1v) is 7.40. The number of halogens is 1. The minimum absolute atomic E-state index is 0.0488. The molecule has 0 radical (unpaired) electrons. The van der Waals surface area contributed by atoms with Gasteiger partial charge in [0.15, 0.2) is 0 Å². The molecule has 6 heteroatoms. The Kier molecular flexibility index (Phi) is 4.53. The minimum atomic E-state index is -0.797. The molecule has 1 aromatic carbocycles. The topological polar surface area (TPSA) is 58.6 Å². The average Bonchev–Trinajstić information content (AvgIpc) is 2.39. The van der Waals surface area contributed by atoms with E-state index in [-0.39, 0.29) is 5.37 Å². The van der Waals surface area contributed by atoms with E-state index in [2.05, 4.69) is 21.2 Å². The largest absolute Gasteiger partial charge is 0.496 e. The lowest BCUT2D eigenvalue weighted by Gasteiger charge is -2.29. The molecule has 0 aliphatic carbocycles. The Bertz CT molecular complexity index is 455. The first-order chi connectivity index (χ1) is 8.61. The smallest absolute Gasteiger partial charge is 0.320 e. The molecule has 1 saturated heterocycles. The summed E-state index contributed by atoms with van der Waals surface area (Å²) in [6, 6.07) is 5.27. The van der Waals surface area contributed by atoms with Gasteiger partial charge in [-0.15, -0.1) is 11.8 Å². The van der Waals surface area contributed by atoms with Crippen molar-refractivity contribution in [3.8, 4) is 5.75 Å². The number of hydrogen-bond donors (Lipinski definition) is 2. The molecular formula is C12H14BrNO3S. The maximum atomic E-state index is 11.0. The van der Waals surface area contributed by atoms with Crippen molar-refractivity contribution in [1.82, 2.24) is 5.32 Å². The molecule has 1 heterocycles. The number of benzene rings is 1. The number of thioether (sulfide) groups is 1. The van der Waals surface area contributed by atoms with Crippen molar-refractivity contribution in [3.63, 3.8) is 0 Å². The van der Waals surface area contributed by atoms with Crippen molar-refractivity contribution in [2.24, 2.45) is 0 Å². The zero-order valence-corrected chi connectivity index (χ0v) is 12.3. The maximum absolute atomic E-state index is 11.0. The van der Waals surface area contributed by atoms with E-state index in [9.17, 15) is 4.79 Å². The average molecular weight is 332 g/mol. The molecule has 0 amide bonds. The third kappa shape index (κ3) is 2.99. The van der Waals surface area contributed by atoms with Gasteiger partial charge in [-0.1, -0.05) is 15.9 Å². The van der Waals surface area contributed by atoms with Crippen LogP contribution >= 0.6 is 27.7 Å². The van der Waals surface area contributed by atoms with Gasteiger partial charge in [-0.05, 0) is 30.4 Å². The molecule has 1 aromatic rings. The molecule has 0 saturated carbocycles. The molecule has 2 unspecified atom stereocenters. The van der Waals surface area contributed by atoms with Gasteiger partial charge in [0.05, 0.1) is 12.5 Å². The maximum Gasteiger partial charge on any atom is 0.320 e. The molecular weight excluding hydrogens is 318 g/mol. The van der Waals surface area contributed by atoms with Crippen LogP contribution in [0.5, 0.6) is 5.75 Å². The van der Waals surface area contributed by atoms with E-state index >= 15 is 0 Å². The summed E-state index contributed by atoms with van der Waals surface area (Å²) in [5.41, 5.74) is 0.975. The first-order valence-electron chi connectivity index (χ1n) is 5.55. The molecule has 1 aliphatic rings. The predicted molar refractivity (Wildman–Crippen MR) is 75.1 cm³/mol. The molecule has 98 valence electrons. The standard InChI is InChI=1S/C12H14BrNO3S/c1-17-10-3-2-7(13)6-8(10)11-14-9(12(15)16)4-5-18-11/h2-3,6,9,11,14H,4-5H2,1H3,(H,15,16). The predicted octanol–water partition coefficient (Wildman–Crippen LogP) is 2.64. The molecule has 18 heavy (non-hydrogen) atoms. The van der Waals surface area contributed by atoms with Gasteiger partial charge in [0, 0.05) is 10.0 Å². The fraction of sp³-hybridized carbons (Fsp3) is 0.417. The molecule has 2 N–H and O–H groups in total. The molecule has 1 fully saturated rings. The van der Waals surface area contributed by atoms with Crippen LogP contribution in [0.2, 0.25) is 0 Å². The number of carbonyl (C=O) groups is 1. The number of carboxylic acid groups (broad SMARTS) is 1. The van der Waals surface area contributed by atoms with Gasteiger partial charge in [-0.3, -0.25) is 10.1 Å². The SMILES string of the molecule is COc1ccc(Br)cc1C1NC(C(=O)O)CCS1. The zero-order valence-electron chi connectivity index (χ0n) is 9.85. The van der Waals surface area contributed by atoms with Gasteiger partial charge < -0.3 is 9.84 Å². The molecule has 0 aromatic heterocycles. The van der Waals surface area contributed by atoms with Crippen LogP contribution in [0.25, 0.3) is 0 Å². The van der Waals surface area contributed by atoms with E-state index in [1.165, 1.54) is 0 Å². The summed E-state index contributed by atoms with van der Waals surface area (Å²) in [6.07, 6.45) is 0.646. The molecule has 0 bridgehead atoms. The second-order valence-electron chi connectivity index (χ2n) is 3.98. The second-order valence-corrected chi connectivity index (χ2v) is 6.11. The highest BCUT2D eigenvalue weighted by Crippen LogP contribution is 2.37. The van der Waals surface area contributed by atoms with Crippen LogP contribution in [-0.2, 0) is 4.79 Å². The lowest BCUT2D eigenvalue weighted by atomic mass is 10.1. The van der Waals surface area contributed by atoms with E-state index in [1.807, 2.05) is 18.2 Å². The van der Waals surface area contributed by atoms with Crippen LogP contribution in [0.3, 0.4) is 0 Å². The van der Waals surface area contributed by atoms with Crippen LogP contribution in [0.4, 0.5) is 0 Å². The summed E-state index contributed by atoms with van der Waals surface area (Å²) >= 11 is 5.13. The van der Waals surface area contributed by atoms with Crippen molar-refractivity contribution in [2.75, 3.05) is 12.9 Å². The van der Waals surface area contributed by atoms with Crippen LogP contribution in [0.1, 0.15) is 17.4 Å². The van der Waals surface area contributed by atoms with Crippen molar-refractivity contribution in [3.05, 3.63) is 28.2 Å². The van der Waals surface area contributed by atoms with E-state index in [4.69, 9.17) is 9.84 Å². The molecule has 2 rings (SSSR count). The van der Waals surface area contributed by atoms with Crippen LogP contribution in [-0.4, -0.2) is 30.0 Å². The Morgan fingerprint density at radius 2 is 2.39 bits per heavy atom. The summed E-state index contributed by atoms with van der Waals surface area (Å²) in [6.45, 7) is 0. The molecule has 0 spiro atoms. The molecule has 1 aliphatic heterocycles. The number of carboxylic acids is 1. The van der Waals surface area contributed by atoms with Gasteiger partial charge in [-0.2, -0.15) is 0 Å². The number of hydrogen-bond acceptors (Lipinski definition) is 4. The van der Waals surface area contributed by atoms with Crippen molar-refractivity contribution in [1.29, 1.82) is 0 Å². The summed E-state index contributed by atoms with van der Waals surface area (Å²) in [4.78, 5) is 11.0. The number of rotatable bonds is 3. The van der Waals surface area contributed by atoms with Gasteiger partial charge in [-0.25, -0.2) is 0 Å². The molecule has 4 nitrogen and oxygen atoms in total. The van der Waals surface area contributed by atoms with E-state index in [0.29, 0.717) is 6.42 Å². The summed E-state index contributed by atoms with van der Waals surface area (Å²) in [5.74, 6) is 0.799. The van der Waals surface area contributed by atoms with Crippen LogP contribution < -0.4 is 10.1 Å². The third-order valence-corrected chi connectivity index (χ3v) is 4.50. The first kappa shape index (κ1) is 13.7. The number of aliphatic carboxylic acids is 1. The normalized spacial score (nSPS) is 23.7. The lowest BCUT2D eigenvalue weighted by Crippen LogP contribution is -2.41. The molecule has 2 atom stereocenters. The Labute approximate surface area is 118 Å². The Hall–Kier alpha value is -0.720. The number of ether oxygens (including phenoxy) is 1. The third-order valence-electron chi connectivity index (χ3n) is 2.82. The zero-order chi connectivity index (χ0) is 13.1. The minimum Gasteiger partial charge on any atom is -0.496 e. The summed E-state index contributed by atoms with van der Waals surface area (Å²) < 4.78 is 6.28. The monoisotopic (exact) mass is 331 g/mol. The fourth-order valence-electron chi connectivity index (χ4n) is 1.90. The highest BCUT2D eigenvalue weighted by Gasteiger charge is 2.28. The van der Waals surface area contributed by atoms with Gasteiger partial charge in [0.2, 0.25) is 0 Å². The fourth-order valence-corrected chi connectivity index (χ4v) is 3.51. The second kappa shape index (κ2) is 5.95.